The van der Waals surface area contributed by atoms with Gasteiger partial charge in [0.05, 0.1) is 5.41 Å². The SMILES string of the molecule is CN(C)C(=O)c1ccc(NCC2(C(=O)O)CC2)nn1. The molecule has 2 rings (SSSR count). The minimum absolute atomic E-state index is 0.219. The number of amides is 1. The van der Waals surface area contributed by atoms with Gasteiger partial charge in [0.1, 0.15) is 5.82 Å². The average Bonchev–Trinajstić information content (AvgIpc) is 3.17. The van der Waals surface area contributed by atoms with E-state index in [2.05, 4.69) is 15.5 Å². The van der Waals surface area contributed by atoms with E-state index in [1.54, 1.807) is 26.2 Å². The summed E-state index contributed by atoms with van der Waals surface area (Å²) in [6, 6.07) is 3.19. The van der Waals surface area contributed by atoms with Gasteiger partial charge in [-0.2, -0.15) is 0 Å². The lowest BCUT2D eigenvalue weighted by atomic mass is 10.1. The van der Waals surface area contributed by atoms with Crippen LogP contribution in [0.25, 0.3) is 0 Å². The number of nitrogens with one attached hydrogen (secondary N) is 1. The summed E-state index contributed by atoms with van der Waals surface area (Å²) >= 11 is 0. The predicted molar refractivity (Wildman–Crippen MR) is 67.8 cm³/mol. The van der Waals surface area contributed by atoms with Crippen molar-refractivity contribution >= 4 is 17.7 Å². The molecule has 1 aromatic heterocycles. The number of carbonyl (C=O) groups excluding carboxylic acids is 1. The second kappa shape index (κ2) is 4.83. The van der Waals surface area contributed by atoms with E-state index in [1.165, 1.54) is 4.90 Å². The zero-order valence-electron chi connectivity index (χ0n) is 10.9. The summed E-state index contributed by atoms with van der Waals surface area (Å²) in [6.45, 7) is 0.331. The first-order chi connectivity index (χ1) is 8.94. The van der Waals surface area contributed by atoms with Gasteiger partial charge in [0.25, 0.3) is 5.91 Å². The highest BCUT2D eigenvalue weighted by molar-refractivity contribution is 5.91. The Hall–Kier alpha value is -2.18. The molecular weight excluding hydrogens is 248 g/mol. The lowest BCUT2D eigenvalue weighted by Gasteiger charge is -2.12. The van der Waals surface area contributed by atoms with Gasteiger partial charge in [0.2, 0.25) is 0 Å². The maximum Gasteiger partial charge on any atom is 0.311 e. The summed E-state index contributed by atoms with van der Waals surface area (Å²) in [5, 5.41) is 19.7. The third kappa shape index (κ3) is 2.81. The van der Waals surface area contributed by atoms with E-state index >= 15 is 0 Å². The molecule has 0 radical (unpaired) electrons. The van der Waals surface area contributed by atoms with Crippen molar-refractivity contribution in [1.82, 2.24) is 15.1 Å². The van der Waals surface area contributed by atoms with Crippen LogP contribution < -0.4 is 5.32 Å². The Morgan fingerprint density at radius 2 is 2.05 bits per heavy atom. The van der Waals surface area contributed by atoms with Crippen LogP contribution in [0.4, 0.5) is 5.82 Å². The molecule has 1 saturated carbocycles. The maximum atomic E-state index is 11.6. The number of carbonyl (C=O) groups is 2. The Balaban J connectivity index is 1.96. The molecule has 1 aliphatic carbocycles. The van der Waals surface area contributed by atoms with E-state index in [1.807, 2.05) is 0 Å². The van der Waals surface area contributed by atoms with E-state index in [0.29, 0.717) is 25.2 Å². The molecule has 1 fully saturated rings. The summed E-state index contributed by atoms with van der Waals surface area (Å²) in [4.78, 5) is 24.0. The first-order valence-electron chi connectivity index (χ1n) is 5.97. The highest BCUT2D eigenvalue weighted by atomic mass is 16.4. The Morgan fingerprint density at radius 3 is 2.47 bits per heavy atom. The number of aromatic nitrogens is 2. The molecular formula is C12H16N4O3. The summed E-state index contributed by atoms with van der Waals surface area (Å²) in [6.07, 6.45) is 1.36. The fourth-order valence-electron chi connectivity index (χ4n) is 1.65. The van der Waals surface area contributed by atoms with Crippen LogP contribution >= 0.6 is 0 Å². The van der Waals surface area contributed by atoms with Crippen LogP contribution in [0.1, 0.15) is 23.3 Å². The molecule has 0 bridgehead atoms. The van der Waals surface area contributed by atoms with Crippen molar-refractivity contribution in [2.75, 3.05) is 26.0 Å². The highest BCUT2D eigenvalue weighted by Gasteiger charge is 2.50. The molecule has 0 atom stereocenters. The maximum absolute atomic E-state index is 11.6. The molecule has 0 aliphatic heterocycles. The van der Waals surface area contributed by atoms with Crippen molar-refractivity contribution in [3.8, 4) is 0 Å². The summed E-state index contributed by atoms with van der Waals surface area (Å²) in [7, 11) is 3.28. The van der Waals surface area contributed by atoms with Gasteiger partial charge >= 0.3 is 5.97 Å². The molecule has 2 N–H and O–H groups in total. The number of carboxylic acids is 1. The van der Waals surface area contributed by atoms with Gasteiger partial charge in [0.15, 0.2) is 5.69 Å². The number of hydrogen-bond donors (Lipinski definition) is 2. The van der Waals surface area contributed by atoms with Crippen molar-refractivity contribution in [2.24, 2.45) is 5.41 Å². The van der Waals surface area contributed by atoms with Crippen LogP contribution in [0, 0.1) is 5.41 Å². The Morgan fingerprint density at radius 1 is 1.37 bits per heavy atom. The summed E-state index contributed by atoms with van der Waals surface area (Å²) in [5.74, 6) is -0.529. The molecule has 1 amide bonds. The Bertz CT molecular complexity index is 494. The lowest BCUT2D eigenvalue weighted by Crippen LogP contribution is -2.25. The van der Waals surface area contributed by atoms with E-state index in [9.17, 15) is 9.59 Å². The van der Waals surface area contributed by atoms with E-state index in [0.717, 1.165) is 0 Å². The number of hydrogen-bond acceptors (Lipinski definition) is 5. The average molecular weight is 264 g/mol. The minimum atomic E-state index is -0.785. The predicted octanol–water partition coefficient (Wildman–Crippen LogP) is 0.455. The zero-order chi connectivity index (χ0) is 14.0. The normalized spacial score (nSPS) is 15.7. The standard InChI is InChI=1S/C12H16N4O3/c1-16(2)10(17)8-3-4-9(15-14-8)13-7-12(5-6-12)11(18)19/h3-4H,5-7H2,1-2H3,(H,13,15)(H,18,19). The molecule has 0 spiro atoms. The third-order valence-corrected chi connectivity index (χ3v) is 3.20. The van der Waals surface area contributed by atoms with Gasteiger partial charge in [0, 0.05) is 20.6 Å². The topological polar surface area (TPSA) is 95.4 Å². The van der Waals surface area contributed by atoms with Crippen LogP contribution in [-0.4, -0.2) is 52.7 Å². The van der Waals surface area contributed by atoms with Crippen molar-refractivity contribution in [1.29, 1.82) is 0 Å². The smallest absolute Gasteiger partial charge is 0.311 e. The number of nitrogens with zero attached hydrogens (tertiary/aromatic N) is 3. The fraction of sp³-hybridized carbons (Fsp3) is 0.500. The van der Waals surface area contributed by atoms with Gasteiger partial charge < -0.3 is 15.3 Å². The van der Waals surface area contributed by atoms with Crippen LogP contribution in [-0.2, 0) is 4.79 Å². The molecule has 0 unspecified atom stereocenters. The lowest BCUT2D eigenvalue weighted by molar-refractivity contribution is -0.142. The minimum Gasteiger partial charge on any atom is -0.481 e. The van der Waals surface area contributed by atoms with Crippen LogP contribution in [0.5, 0.6) is 0 Å². The molecule has 7 heteroatoms. The Kier molecular flexibility index (Phi) is 3.37. The van der Waals surface area contributed by atoms with E-state index in [-0.39, 0.29) is 11.6 Å². The molecule has 1 aromatic rings. The molecule has 7 nitrogen and oxygen atoms in total. The number of carboxylic acid groups (broad SMARTS) is 1. The van der Waals surface area contributed by atoms with Gasteiger partial charge in [-0.1, -0.05) is 0 Å². The summed E-state index contributed by atoms with van der Waals surface area (Å²) < 4.78 is 0. The van der Waals surface area contributed by atoms with Crippen molar-refractivity contribution in [3.05, 3.63) is 17.8 Å². The van der Waals surface area contributed by atoms with Gasteiger partial charge in [-0.25, -0.2) is 0 Å². The van der Waals surface area contributed by atoms with Gasteiger partial charge in [-0.15, -0.1) is 10.2 Å². The van der Waals surface area contributed by atoms with Crippen LogP contribution in [0.3, 0.4) is 0 Å². The first kappa shape index (κ1) is 13.3. The van der Waals surface area contributed by atoms with Crippen molar-refractivity contribution < 1.29 is 14.7 Å². The fourth-order valence-corrected chi connectivity index (χ4v) is 1.65. The highest BCUT2D eigenvalue weighted by Crippen LogP contribution is 2.45. The molecule has 0 saturated heterocycles. The van der Waals surface area contributed by atoms with Crippen LogP contribution in [0.2, 0.25) is 0 Å². The van der Waals surface area contributed by atoms with Crippen LogP contribution in [0.15, 0.2) is 12.1 Å². The second-order valence-electron chi connectivity index (χ2n) is 4.94. The molecule has 102 valence electrons. The molecule has 0 aromatic carbocycles. The molecule has 1 aliphatic rings. The van der Waals surface area contributed by atoms with Crippen molar-refractivity contribution in [2.45, 2.75) is 12.8 Å². The van der Waals surface area contributed by atoms with Crippen molar-refractivity contribution in [3.63, 3.8) is 0 Å². The first-order valence-corrected chi connectivity index (χ1v) is 5.97. The van der Waals surface area contributed by atoms with E-state index < -0.39 is 11.4 Å². The largest absolute Gasteiger partial charge is 0.481 e. The van der Waals surface area contributed by atoms with Gasteiger partial charge in [-0.05, 0) is 25.0 Å². The van der Waals surface area contributed by atoms with E-state index in [4.69, 9.17) is 5.11 Å². The second-order valence-corrected chi connectivity index (χ2v) is 4.94. The Labute approximate surface area is 110 Å². The molecule has 1 heterocycles. The molecule has 19 heavy (non-hydrogen) atoms. The quantitative estimate of drug-likeness (QED) is 0.802. The van der Waals surface area contributed by atoms with Gasteiger partial charge in [-0.3, -0.25) is 9.59 Å². The third-order valence-electron chi connectivity index (χ3n) is 3.20. The number of aliphatic carboxylic acids is 1. The zero-order valence-corrected chi connectivity index (χ0v) is 10.9. The number of rotatable bonds is 5. The number of anilines is 1. The summed E-state index contributed by atoms with van der Waals surface area (Å²) in [5.41, 5.74) is -0.394. The monoisotopic (exact) mass is 264 g/mol.